The molecule has 0 saturated heterocycles. The summed E-state index contributed by atoms with van der Waals surface area (Å²) in [6, 6.07) is 4.95. The molecule has 1 aromatic heterocycles. The normalized spacial score (nSPS) is 12.6. The van der Waals surface area contributed by atoms with Crippen molar-refractivity contribution < 1.29 is 27.0 Å². The van der Waals surface area contributed by atoms with E-state index in [9.17, 15) is 17.6 Å². The SMILES string of the molecule is Fc1nc(F)c(F)c(NCc2cccc3c2OCO3)c1F. The molecule has 1 aliphatic rings. The van der Waals surface area contributed by atoms with E-state index in [2.05, 4.69) is 10.3 Å². The highest BCUT2D eigenvalue weighted by atomic mass is 19.2. The van der Waals surface area contributed by atoms with Crippen LogP contribution in [0, 0.1) is 23.5 Å². The Labute approximate surface area is 116 Å². The number of hydrogen-bond donors (Lipinski definition) is 1. The van der Waals surface area contributed by atoms with Crippen LogP contribution in [0.2, 0.25) is 0 Å². The molecular weight excluding hydrogens is 292 g/mol. The number of nitrogens with one attached hydrogen (secondary N) is 1. The second-order valence-electron chi connectivity index (χ2n) is 4.20. The number of nitrogens with zero attached hydrogens (tertiary/aromatic N) is 1. The second-order valence-corrected chi connectivity index (χ2v) is 4.20. The Kier molecular flexibility index (Phi) is 3.28. The van der Waals surface area contributed by atoms with E-state index in [4.69, 9.17) is 9.47 Å². The summed E-state index contributed by atoms with van der Waals surface area (Å²) in [5, 5.41) is 2.30. The first-order valence-electron chi connectivity index (χ1n) is 5.89. The molecule has 0 atom stereocenters. The van der Waals surface area contributed by atoms with Crippen LogP contribution < -0.4 is 14.8 Å². The Bertz CT molecular complexity index is 683. The number of pyridine rings is 1. The zero-order chi connectivity index (χ0) is 15.0. The van der Waals surface area contributed by atoms with Crippen molar-refractivity contribution in [3.05, 3.63) is 47.3 Å². The molecule has 0 saturated carbocycles. The first kappa shape index (κ1) is 13.5. The van der Waals surface area contributed by atoms with Crippen molar-refractivity contribution in [3.8, 4) is 11.5 Å². The van der Waals surface area contributed by atoms with Gasteiger partial charge in [0.2, 0.25) is 18.4 Å². The summed E-state index contributed by atoms with van der Waals surface area (Å²) in [4.78, 5) is 2.48. The van der Waals surface area contributed by atoms with Gasteiger partial charge in [-0.1, -0.05) is 12.1 Å². The van der Waals surface area contributed by atoms with E-state index in [1.165, 1.54) is 0 Å². The summed E-state index contributed by atoms with van der Waals surface area (Å²) in [6.45, 7) is -0.0726. The fraction of sp³-hybridized carbons (Fsp3) is 0.154. The lowest BCUT2D eigenvalue weighted by Crippen LogP contribution is -2.09. The lowest BCUT2D eigenvalue weighted by Gasteiger charge is -2.11. The first-order chi connectivity index (χ1) is 10.1. The minimum Gasteiger partial charge on any atom is -0.454 e. The first-order valence-corrected chi connectivity index (χ1v) is 5.89. The highest BCUT2D eigenvalue weighted by Crippen LogP contribution is 2.35. The summed E-state index contributed by atoms with van der Waals surface area (Å²) < 4.78 is 63.3. The van der Waals surface area contributed by atoms with Gasteiger partial charge in [-0.2, -0.15) is 22.5 Å². The topological polar surface area (TPSA) is 43.4 Å². The van der Waals surface area contributed by atoms with E-state index in [-0.39, 0.29) is 13.3 Å². The molecule has 0 radical (unpaired) electrons. The van der Waals surface area contributed by atoms with Crippen molar-refractivity contribution in [2.24, 2.45) is 0 Å². The van der Waals surface area contributed by atoms with Gasteiger partial charge in [-0.15, -0.1) is 0 Å². The second kappa shape index (κ2) is 5.12. The lowest BCUT2D eigenvalue weighted by atomic mass is 10.2. The smallest absolute Gasteiger partial charge is 0.253 e. The van der Waals surface area contributed by atoms with Crippen molar-refractivity contribution in [1.29, 1.82) is 0 Å². The summed E-state index contributed by atoms with van der Waals surface area (Å²) in [5.41, 5.74) is -0.391. The van der Waals surface area contributed by atoms with Crippen LogP contribution in [0.15, 0.2) is 18.2 Å². The Morgan fingerprint density at radius 3 is 2.48 bits per heavy atom. The molecule has 1 N–H and O–H groups in total. The summed E-state index contributed by atoms with van der Waals surface area (Å²) in [7, 11) is 0. The summed E-state index contributed by atoms with van der Waals surface area (Å²) in [6.07, 6.45) is 0. The number of aromatic nitrogens is 1. The minimum absolute atomic E-state index is 0.0353. The molecule has 0 fully saturated rings. The monoisotopic (exact) mass is 300 g/mol. The van der Waals surface area contributed by atoms with Gasteiger partial charge in [0.1, 0.15) is 5.69 Å². The Hall–Kier alpha value is -2.51. The maximum Gasteiger partial charge on any atom is 0.253 e. The number of anilines is 1. The molecule has 4 nitrogen and oxygen atoms in total. The van der Waals surface area contributed by atoms with Crippen LogP contribution in [0.3, 0.4) is 0 Å². The molecule has 3 rings (SSSR count). The van der Waals surface area contributed by atoms with Gasteiger partial charge in [0, 0.05) is 12.1 Å². The van der Waals surface area contributed by atoms with Gasteiger partial charge in [-0.3, -0.25) is 0 Å². The fourth-order valence-corrected chi connectivity index (χ4v) is 1.96. The summed E-state index contributed by atoms with van der Waals surface area (Å²) >= 11 is 0. The number of halogens is 4. The standard InChI is InChI=1S/C13H8F4N2O2/c14-8-10(9(15)13(17)19-12(8)16)18-4-6-2-1-3-7-11(6)21-5-20-7/h1-3H,4-5H2,(H,18,19). The van der Waals surface area contributed by atoms with Crippen LogP contribution in [0.25, 0.3) is 0 Å². The maximum absolute atomic E-state index is 13.5. The molecule has 110 valence electrons. The zero-order valence-electron chi connectivity index (χ0n) is 10.4. The van der Waals surface area contributed by atoms with Crippen molar-refractivity contribution in [1.82, 2.24) is 4.98 Å². The van der Waals surface area contributed by atoms with Gasteiger partial charge in [0.25, 0.3) is 11.9 Å². The minimum atomic E-state index is -1.71. The molecule has 0 bridgehead atoms. The van der Waals surface area contributed by atoms with Crippen LogP contribution in [-0.2, 0) is 6.54 Å². The van der Waals surface area contributed by atoms with Crippen LogP contribution in [-0.4, -0.2) is 11.8 Å². The lowest BCUT2D eigenvalue weighted by molar-refractivity contribution is 0.173. The molecular formula is C13H8F4N2O2. The van der Waals surface area contributed by atoms with Crippen molar-refractivity contribution in [3.63, 3.8) is 0 Å². The fourth-order valence-electron chi connectivity index (χ4n) is 1.96. The van der Waals surface area contributed by atoms with E-state index < -0.39 is 29.2 Å². The van der Waals surface area contributed by atoms with Gasteiger partial charge >= 0.3 is 0 Å². The number of rotatable bonds is 3. The molecule has 2 heterocycles. The third-order valence-corrected chi connectivity index (χ3v) is 2.93. The van der Waals surface area contributed by atoms with Crippen molar-refractivity contribution >= 4 is 5.69 Å². The van der Waals surface area contributed by atoms with Gasteiger partial charge in [0.15, 0.2) is 11.5 Å². The van der Waals surface area contributed by atoms with E-state index in [1.54, 1.807) is 18.2 Å². The third-order valence-electron chi connectivity index (χ3n) is 2.93. The molecule has 0 unspecified atom stereocenters. The molecule has 0 spiro atoms. The number of ether oxygens (including phenoxy) is 2. The Balaban J connectivity index is 1.88. The average molecular weight is 300 g/mol. The molecule has 0 amide bonds. The van der Waals surface area contributed by atoms with E-state index in [1.807, 2.05) is 0 Å². The van der Waals surface area contributed by atoms with Gasteiger partial charge in [-0.25, -0.2) is 0 Å². The van der Waals surface area contributed by atoms with Crippen molar-refractivity contribution in [2.75, 3.05) is 12.1 Å². The number of hydrogen-bond acceptors (Lipinski definition) is 4. The van der Waals surface area contributed by atoms with Crippen LogP contribution in [0.1, 0.15) is 5.56 Å². The van der Waals surface area contributed by atoms with E-state index in [0.717, 1.165) is 0 Å². The predicted molar refractivity (Wildman–Crippen MR) is 64.0 cm³/mol. The maximum atomic E-state index is 13.5. The number of para-hydroxylation sites is 1. The van der Waals surface area contributed by atoms with Crippen LogP contribution in [0.5, 0.6) is 11.5 Å². The van der Waals surface area contributed by atoms with Crippen LogP contribution in [0.4, 0.5) is 23.2 Å². The molecule has 0 aliphatic carbocycles. The largest absolute Gasteiger partial charge is 0.454 e. The van der Waals surface area contributed by atoms with Gasteiger partial charge in [-0.05, 0) is 6.07 Å². The van der Waals surface area contributed by atoms with Crippen LogP contribution >= 0.6 is 0 Å². The highest BCUT2D eigenvalue weighted by molar-refractivity contribution is 5.51. The third kappa shape index (κ3) is 2.32. The Morgan fingerprint density at radius 2 is 1.76 bits per heavy atom. The van der Waals surface area contributed by atoms with Crippen molar-refractivity contribution in [2.45, 2.75) is 6.54 Å². The number of fused-ring (bicyclic) bond motifs is 1. The molecule has 1 aromatic carbocycles. The summed E-state index contributed by atoms with van der Waals surface area (Å²) in [5.74, 6) is -5.69. The van der Waals surface area contributed by atoms with E-state index >= 15 is 0 Å². The van der Waals surface area contributed by atoms with Gasteiger partial charge < -0.3 is 14.8 Å². The molecule has 2 aromatic rings. The molecule has 21 heavy (non-hydrogen) atoms. The predicted octanol–water partition coefficient (Wildman–Crippen LogP) is 2.98. The Morgan fingerprint density at radius 1 is 1.05 bits per heavy atom. The molecule has 8 heteroatoms. The highest BCUT2D eigenvalue weighted by Gasteiger charge is 2.22. The quantitative estimate of drug-likeness (QED) is 0.699. The molecule has 1 aliphatic heterocycles. The number of benzene rings is 1. The van der Waals surface area contributed by atoms with E-state index in [0.29, 0.717) is 17.1 Å². The van der Waals surface area contributed by atoms with Gasteiger partial charge in [0.05, 0.1) is 0 Å². The average Bonchev–Trinajstić information content (AvgIpc) is 2.94. The zero-order valence-corrected chi connectivity index (χ0v) is 10.4.